The van der Waals surface area contributed by atoms with Crippen LogP contribution in [-0.2, 0) is 11.3 Å². The predicted molar refractivity (Wildman–Crippen MR) is 56.0 cm³/mol. The number of rotatable bonds is 5. The number of halogens is 1. The van der Waals surface area contributed by atoms with Gasteiger partial charge in [0.1, 0.15) is 0 Å². The number of thiophene rings is 1. The predicted octanol–water partition coefficient (Wildman–Crippen LogP) is 2.07. The van der Waals surface area contributed by atoms with Crippen molar-refractivity contribution in [2.24, 2.45) is 0 Å². The van der Waals surface area contributed by atoms with E-state index in [1.807, 2.05) is 12.1 Å². The van der Waals surface area contributed by atoms with E-state index < -0.39 is 5.97 Å². The van der Waals surface area contributed by atoms with Gasteiger partial charge in [-0.15, -0.1) is 11.3 Å². The largest absolute Gasteiger partial charge is 0.481 e. The number of hydrogen-bond donors (Lipinski definition) is 2. The Morgan fingerprint density at radius 3 is 2.92 bits per heavy atom. The summed E-state index contributed by atoms with van der Waals surface area (Å²) < 4.78 is 1.10. The average Bonchev–Trinajstić information content (AvgIpc) is 2.45. The van der Waals surface area contributed by atoms with Crippen molar-refractivity contribution in [3.8, 4) is 0 Å². The zero-order valence-electron chi connectivity index (χ0n) is 6.92. The van der Waals surface area contributed by atoms with E-state index in [1.165, 1.54) is 4.88 Å². The van der Waals surface area contributed by atoms with Gasteiger partial charge in [0.15, 0.2) is 0 Å². The molecule has 1 rings (SSSR count). The van der Waals surface area contributed by atoms with E-state index in [4.69, 9.17) is 5.11 Å². The summed E-state index contributed by atoms with van der Waals surface area (Å²) in [5.41, 5.74) is 0. The molecule has 0 spiro atoms. The minimum atomic E-state index is -0.764. The Morgan fingerprint density at radius 1 is 1.62 bits per heavy atom. The lowest BCUT2D eigenvalue weighted by atomic mass is 10.4. The van der Waals surface area contributed by atoms with Crippen LogP contribution in [0.15, 0.2) is 15.9 Å². The normalized spacial score (nSPS) is 10.2. The second-order valence-corrected chi connectivity index (χ2v) is 5.07. The van der Waals surface area contributed by atoms with Crippen LogP contribution in [0.25, 0.3) is 0 Å². The molecule has 0 bridgehead atoms. The highest BCUT2D eigenvalue weighted by atomic mass is 79.9. The Labute approximate surface area is 88.9 Å². The van der Waals surface area contributed by atoms with E-state index in [1.54, 1.807) is 11.3 Å². The van der Waals surface area contributed by atoms with Gasteiger partial charge in [-0.25, -0.2) is 0 Å². The smallest absolute Gasteiger partial charge is 0.304 e. The van der Waals surface area contributed by atoms with Crippen LogP contribution in [0.2, 0.25) is 0 Å². The van der Waals surface area contributed by atoms with E-state index in [9.17, 15) is 4.79 Å². The maximum Gasteiger partial charge on any atom is 0.304 e. The Bertz CT molecular complexity index is 287. The van der Waals surface area contributed by atoms with Gasteiger partial charge in [0.05, 0.1) is 10.2 Å². The zero-order chi connectivity index (χ0) is 9.68. The van der Waals surface area contributed by atoms with Gasteiger partial charge in [-0.2, -0.15) is 0 Å². The molecule has 13 heavy (non-hydrogen) atoms. The summed E-state index contributed by atoms with van der Waals surface area (Å²) >= 11 is 5.01. The number of aliphatic carboxylic acids is 1. The first kappa shape index (κ1) is 10.7. The molecule has 2 N–H and O–H groups in total. The first-order valence-corrected chi connectivity index (χ1v) is 5.46. The maximum absolute atomic E-state index is 10.2. The van der Waals surface area contributed by atoms with Crippen molar-refractivity contribution in [2.75, 3.05) is 6.54 Å². The molecule has 72 valence electrons. The molecular formula is C8H10BrNO2S. The molecule has 0 saturated heterocycles. The Hall–Kier alpha value is -0.390. The fourth-order valence-corrected chi connectivity index (χ4v) is 2.31. The molecule has 3 nitrogen and oxygen atoms in total. The minimum Gasteiger partial charge on any atom is -0.481 e. The topological polar surface area (TPSA) is 49.3 Å². The van der Waals surface area contributed by atoms with E-state index in [-0.39, 0.29) is 6.42 Å². The molecule has 1 heterocycles. The summed E-state index contributed by atoms with van der Waals surface area (Å²) in [4.78, 5) is 11.4. The Kier molecular flexibility index (Phi) is 4.41. The molecular weight excluding hydrogens is 254 g/mol. The molecule has 0 atom stereocenters. The molecule has 5 heteroatoms. The summed E-state index contributed by atoms with van der Waals surface area (Å²) in [5, 5.41) is 11.4. The average molecular weight is 264 g/mol. The van der Waals surface area contributed by atoms with Crippen LogP contribution in [0, 0.1) is 0 Å². The molecule has 0 aliphatic carbocycles. The summed E-state index contributed by atoms with van der Waals surface area (Å²) in [6.07, 6.45) is 0.173. The van der Waals surface area contributed by atoms with Crippen LogP contribution in [-0.4, -0.2) is 17.6 Å². The lowest BCUT2D eigenvalue weighted by Crippen LogP contribution is -2.16. The van der Waals surface area contributed by atoms with Crippen LogP contribution in [0.3, 0.4) is 0 Å². The van der Waals surface area contributed by atoms with Crippen molar-refractivity contribution in [3.05, 3.63) is 20.8 Å². The van der Waals surface area contributed by atoms with Gasteiger partial charge in [-0.1, -0.05) is 0 Å². The van der Waals surface area contributed by atoms with Crippen molar-refractivity contribution in [2.45, 2.75) is 13.0 Å². The lowest BCUT2D eigenvalue weighted by molar-refractivity contribution is -0.136. The van der Waals surface area contributed by atoms with E-state index in [0.29, 0.717) is 6.54 Å². The third-order valence-corrected chi connectivity index (χ3v) is 3.07. The Morgan fingerprint density at radius 2 is 2.38 bits per heavy atom. The summed E-state index contributed by atoms with van der Waals surface area (Å²) in [7, 11) is 0. The highest BCUT2D eigenvalue weighted by Gasteiger charge is 1.98. The van der Waals surface area contributed by atoms with Crippen LogP contribution in [0.1, 0.15) is 11.3 Å². The zero-order valence-corrected chi connectivity index (χ0v) is 9.32. The molecule has 0 unspecified atom stereocenters. The number of hydrogen-bond acceptors (Lipinski definition) is 3. The highest BCUT2D eigenvalue weighted by molar-refractivity contribution is 9.11. The van der Waals surface area contributed by atoms with Crippen molar-refractivity contribution < 1.29 is 9.90 Å². The fourth-order valence-electron chi connectivity index (χ4n) is 0.854. The number of carbonyl (C=O) groups is 1. The second-order valence-electron chi connectivity index (χ2n) is 2.53. The Balaban J connectivity index is 2.16. The number of carboxylic acids is 1. The molecule has 0 aromatic carbocycles. The first-order valence-electron chi connectivity index (χ1n) is 3.85. The van der Waals surface area contributed by atoms with Gasteiger partial charge < -0.3 is 10.4 Å². The molecule has 1 aromatic rings. The van der Waals surface area contributed by atoms with Gasteiger partial charge in [0.25, 0.3) is 0 Å². The van der Waals surface area contributed by atoms with Crippen LogP contribution < -0.4 is 5.32 Å². The lowest BCUT2D eigenvalue weighted by Gasteiger charge is -1.98. The van der Waals surface area contributed by atoms with E-state index in [0.717, 1.165) is 10.3 Å². The molecule has 0 radical (unpaired) electrons. The van der Waals surface area contributed by atoms with E-state index >= 15 is 0 Å². The van der Waals surface area contributed by atoms with Gasteiger partial charge >= 0.3 is 5.97 Å². The maximum atomic E-state index is 10.2. The van der Waals surface area contributed by atoms with Gasteiger partial charge in [-0.05, 0) is 28.1 Å². The van der Waals surface area contributed by atoms with Crippen molar-refractivity contribution in [1.82, 2.24) is 5.32 Å². The monoisotopic (exact) mass is 263 g/mol. The molecule has 0 saturated carbocycles. The third kappa shape index (κ3) is 4.40. The first-order chi connectivity index (χ1) is 6.18. The molecule has 1 aromatic heterocycles. The van der Waals surface area contributed by atoms with Crippen LogP contribution in [0.5, 0.6) is 0 Å². The summed E-state index contributed by atoms with van der Waals surface area (Å²) in [5.74, 6) is -0.764. The third-order valence-electron chi connectivity index (χ3n) is 1.44. The molecule has 0 aliphatic rings. The van der Waals surface area contributed by atoms with E-state index in [2.05, 4.69) is 21.2 Å². The number of carboxylic acid groups (broad SMARTS) is 1. The summed E-state index contributed by atoms with van der Waals surface area (Å²) in [6, 6.07) is 4.00. The van der Waals surface area contributed by atoms with Gasteiger partial charge in [0.2, 0.25) is 0 Å². The van der Waals surface area contributed by atoms with Crippen molar-refractivity contribution in [3.63, 3.8) is 0 Å². The SMILES string of the molecule is O=C(O)CCNCc1ccc(Br)s1. The molecule has 0 fully saturated rings. The molecule has 0 amide bonds. The van der Waals surface area contributed by atoms with Gasteiger partial charge in [-0.3, -0.25) is 4.79 Å². The van der Waals surface area contributed by atoms with Crippen LogP contribution in [0.4, 0.5) is 0 Å². The fraction of sp³-hybridized carbons (Fsp3) is 0.375. The number of nitrogens with one attached hydrogen (secondary N) is 1. The standard InChI is InChI=1S/C8H10BrNO2S/c9-7-2-1-6(13-7)5-10-4-3-8(11)12/h1-2,10H,3-5H2,(H,11,12). The van der Waals surface area contributed by atoms with Crippen molar-refractivity contribution >= 4 is 33.2 Å². The highest BCUT2D eigenvalue weighted by Crippen LogP contribution is 2.21. The summed E-state index contributed by atoms with van der Waals surface area (Å²) in [6.45, 7) is 1.26. The molecule has 0 aliphatic heterocycles. The van der Waals surface area contributed by atoms with Crippen molar-refractivity contribution in [1.29, 1.82) is 0 Å². The minimum absolute atomic E-state index is 0.173. The second kappa shape index (κ2) is 5.36. The van der Waals surface area contributed by atoms with Gasteiger partial charge in [0, 0.05) is 18.0 Å². The quantitative estimate of drug-likeness (QED) is 0.800. The van der Waals surface area contributed by atoms with Crippen LogP contribution >= 0.6 is 27.3 Å².